The van der Waals surface area contributed by atoms with Crippen molar-refractivity contribution in [1.29, 1.82) is 0 Å². The fraction of sp³-hybridized carbons (Fsp3) is 0.908. The van der Waals surface area contributed by atoms with Gasteiger partial charge in [-0.1, -0.05) is 399 Å². The molecule has 17 nitrogen and oxygen atoms in total. The Labute approximate surface area is 650 Å². The van der Waals surface area contributed by atoms with Gasteiger partial charge in [-0.25, -0.2) is 9.13 Å². The minimum atomic E-state index is -4.97. The lowest BCUT2D eigenvalue weighted by Crippen LogP contribution is -2.30. The van der Waals surface area contributed by atoms with E-state index in [1.54, 1.807) is 0 Å². The molecule has 0 spiro atoms. The maximum atomic E-state index is 13.1. The molecule has 0 heterocycles. The Morgan fingerprint density at radius 3 is 0.689 bits per heavy atom. The van der Waals surface area contributed by atoms with E-state index in [1.165, 1.54) is 270 Å². The van der Waals surface area contributed by atoms with Crippen LogP contribution in [-0.2, 0) is 65.4 Å². The van der Waals surface area contributed by atoms with Crippen molar-refractivity contribution in [3.63, 3.8) is 0 Å². The Morgan fingerprint density at radius 2 is 0.453 bits per heavy atom. The zero-order chi connectivity index (χ0) is 77.4. The monoisotopic (exact) mass is 1550 g/mol. The summed E-state index contributed by atoms with van der Waals surface area (Å²) < 4.78 is 68.8. The number of rotatable bonds is 86. The van der Waals surface area contributed by atoms with Crippen molar-refractivity contribution in [2.24, 2.45) is 0 Å². The van der Waals surface area contributed by atoms with Gasteiger partial charge in [-0.05, 0) is 51.4 Å². The van der Waals surface area contributed by atoms with Crippen LogP contribution in [0, 0.1) is 0 Å². The van der Waals surface area contributed by atoms with Crippen LogP contribution in [0.2, 0.25) is 0 Å². The first-order valence-corrected chi connectivity index (χ1v) is 47.6. The lowest BCUT2D eigenvalue weighted by atomic mass is 10.0. The molecule has 19 heteroatoms. The summed E-state index contributed by atoms with van der Waals surface area (Å²) in [4.78, 5) is 73.1. The first-order valence-electron chi connectivity index (χ1n) is 44.6. The molecular weight excluding hydrogens is 1380 g/mol. The maximum absolute atomic E-state index is 13.1. The van der Waals surface area contributed by atoms with Gasteiger partial charge in [0.2, 0.25) is 0 Å². The van der Waals surface area contributed by atoms with Crippen molar-refractivity contribution in [3.8, 4) is 0 Å². The average molecular weight is 1550 g/mol. The molecule has 0 aliphatic heterocycles. The molecule has 3 N–H and O–H groups in total. The van der Waals surface area contributed by atoms with Crippen molar-refractivity contribution < 1.29 is 80.2 Å². The number of phosphoric acid groups is 2. The average Bonchev–Trinajstić information content (AvgIpc) is 0.901. The van der Waals surface area contributed by atoms with Crippen LogP contribution >= 0.6 is 15.6 Å². The maximum Gasteiger partial charge on any atom is 0.472 e. The van der Waals surface area contributed by atoms with Crippen LogP contribution in [0.15, 0.2) is 24.3 Å². The zero-order valence-corrected chi connectivity index (χ0v) is 70.7. The van der Waals surface area contributed by atoms with Crippen molar-refractivity contribution >= 4 is 39.5 Å². The summed E-state index contributed by atoms with van der Waals surface area (Å²) in [5, 5.41) is 10.7. The van der Waals surface area contributed by atoms with Gasteiger partial charge in [0.1, 0.15) is 19.3 Å². The van der Waals surface area contributed by atoms with E-state index in [1.807, 2.05) is 0 Å². The normalized spacial score (nSPS) is 13.8. The predicted octanol–water partition coefficient (Wildman–Crippen LogP) is 26.5. The van der Waals surface area contributed by atoms with Crippen LogP contribution in [0.25, 0.3) is 0 Å². The molecular formula is C87H166O17P2. The number of esters is 4. The number of phosphoric ester groups is 2. The van der Waals surface area contributed by atoms with Gasteiger partial charge in [0.05, 0.1) is 26.4 Å². The van der Waals surface area contributed by atoms with E-state index in [9.17, 15) is 43.2 Å². The van der Waals surface area contributed by atoms with Gasteiger partial charge >= 0.3 is 39.5 Å². The Bertz CT molecular complexity index is 2090. The van der Waals surface area contributed by atoms with Crippen LogP contribution in [0.3, 0.4) is 0 Å². The van der Waals surface area contributed by atoms with Crippen molar-refractivity contribution in [2.75, 3.05) is 39.6 Å². The molecule has 0 amide bonds. The number of aliphatic hydroxyl groups excluding tert-OH is 1. The highest BCUT2D eigenvalue weighted by Crippen LogP contribution is 2.45. The molecule has 0 aromatic carbocycles. The highest BCUT2D eigenvalue weighted by molar-refractivity contribution is 7.47. The third-order valence-corrected chi connectivity index (χ3v) is 21.9. The Hall–Kier alpha value is -2.46. The second kappa shape index (κ2) is 80.6. The molecule has 0 saturated carbocycles. The largest absolute Gasteiger partial charge is 0.472 e. The first kappa shape index (κ1) is 104. The van der Waals surface area contributed by atoms with Gasteiger partial charge in [0.15, 0.2) is 12.2 Å². The smallest absolute Gasteiger partial charge is 0.462 e. The topological polar surface area (TPSA) is 237 Å². The lowest BCUT2D eigenvalue weighted by molar-refractivity contribution is -0.161. The summed E-state index contributed by atoms with van der Waals surface area (Å²) in [5.74, 6) is -2.13. The molecule has 0 aromatic rings. The molecule has 106 heavy (non-hydrogen) atoms. The highest BCUT2D eigenvalue weighted by atomic mass is 31.2. The molecule has 0 aliphatic carbocycles. The molecule has 2 unspecified atom stereocenters. The van der Waals surface area contributed by atoms with E-state index < -0.39 is 97.5 Å². The van der Waals surface area contributed by atoms with Crippen LogP contribution in [-0.4, -0.2) is 96.7 Å². The number of allylic oxidation sites excluding steroid dienone is 4. The molecule has 0 saturated heterocycles. The molecule has 0 rings (SSSR count). The van der Waals surface area contributed by atoms with Gasteiger partial charge in [0, 0.05) is 25.7 Å². The van der Waals surface area contributed by atoms with Crippen molar-refractivity contribution in [2.45, 2.75) is 470 Å². The van der Waals surface area contributed by atoms with Gasteiger partial charge in [-0.3, -0.25) is 37.3 Å². The fourth-order valence-electron chi connectivity index (χ4n) is 13.2. The zero-order valence-electron chi connectivity index (χ0n) is 68.9. The third-order valence-electron chi connectivity index (χ3n) is 20.0. The van der Waals surface area contributed by atoms with E-state index in [4.69, 9.17) is 37.0 Å². The SMILES string of the molecule is CCCCCC/C=C\C=C/CCCCCCCC(=O)O[C@H](COC(=O)CCCCCCCCCCC)COP(=O)(O)OC[C@H](O)COP(=O)(O)OC[C@@H](COC(=O)CCCCCCCCCCCCCCCCCCCCCC)OC(=O)CCCCCCCCCCCCCCCCCCCCCCCC. The molecule has 0 fully saturated rings. The highest BCUT2D eigenvalue weighted by Gasteiger charge is 2.30. The Kier molecular flexibility index (Phi) is 78.7. The second-order valence-electron chi connectivity index (χ2n) is 30.6. The van der Waals surface area contributed by atoms with Gasteiger partial charge in [-0.15, -0.1) is 0 Å². The summed E-state index contributed by atoms with van der Waals surface area (Å²) in [6, 6.07) is 0. The van der Waals surface area contributed by atoms with E-state index in [0.29, 0.717) is 25.7 Å². The minimum absolute atomic E-state index is 0.0857. The van der Waals surface area contributed by atoms with Crippen LogP contribution < -0.4 is 0 Å². The quantitative estimate of drug-likeness (QED) is 0.0169. The van der Waals surface area contributed by atoms with Crippen LogP contribution in [0.1, 0.15) is 451 Å². The first-order chi connectivity index (χ1) is 51.7. The molecule has 0 radical (unpaired) electrons. The second-order valence-corrected chi connectivity index (χ2v) is 33.5. The molecule has 0 bridgehead atoms. The van der Waals surface area contributed by atoms with E-state index in [-0.39, 0.29) is 25.7 Å². The summed E-state index contributed by atoms with van der Waals surface area (Å²) >= 11 is 0. The minimum Gasteiger partial charge on any atom is -0.462 e. The number of unbranched alkanes of at least 4 members (excludes halogenated alkanes) is 57. The fourth-order valence-corrected chi connectivity index (χ4v) is 14.7. The van der Waals surface area contributed by atoms with E-state index in [0.717, 1.165) is 103 Å². The number of aliphatic hydroxyl groups is 1. The Balaban J connectivity index is 5.22. The summed E-state index contributed by atoms with van der Waals surface area (Å²) in [6.45, 7) is 4.97. The number of carbonyl (C=O) groups is 4. The van der Waals surface area contributed by atoms with Gasteiger partial charge in [-0.2, -0.15) is 0 Å². The van der Waals surface area contributed by atoms with E-state index in [2.05, 4.69) is 52.0 Å². The Morgan fingerprint density at radius 1 is 0.264 bits per heavy atom. The van der Waals surface area contributed by atoms with Gasteiger partial charge in [0.25, 0.3) is 0 Å². The van der Waals surface area contributed by atoms with Crippen molar-refractivity contribution in [3.05, 3.63) is 24.3 Å². The van der Waals surface area contributed by atoms with Crippen LogP contribution in [0.5, 0.6) is 0 Å². The summed E-state index contributed by atoms with van der Waals surface area (Å²) in [7, 11) is -9.94. The lowest BCUT2D eigenvalue weighted by Gasteiger charge is -2.21. The molecule has 5 atom stereocenters. The standard InChI is InChI=1S/C87H166O17P2/c1-5-9-13-17-21-25-28-31-34-36-38-40-41-43-45-48-51-54-58-62-66-70-74-87(92)104-83(78-98-85(90)72-68-64-60-56-52-49-47-44-42-39-37-35-32-29-26-22-18-14-10-6-2)80-102-106(95,96)100-76-81(88)75-99-105(93,94)101-79-82(77-97-84(89)71-67-63-59-55-24-20-16-12-8-4)103-86(91)73-69-65-61-57-53-50-46-33-30-27-23-19-15-11-7-3/h27,30,33,46,81-83,88H,5-26,28-29,31-32,34-45,47-80H2,1-4H3,(H,93,94)(H,95,96)/b30-27-,46-33-/t81-,82+,83+/m0/s1. The third kappa shape index (κ3) is 79.6. The number of hydrogen-bond acceptors (Lipinski definition) is 15. The summed E-state index contributed by atoms with van der Waals surface area (Å²) in [6.07, 6.45) is 78.8. The number of hydrogen-bond donors (Lipinski definition) is 3. The van der Waals surface area contributed by atoms with E-state index >= 15 is 0 Å². The summed E-state index contributed by atoms with van der Waals surface area (Å²) in [5.41, 5.74) is 0. The van der Waals surface area contributed by atoms with Crippen molar-refractivity contribution in [1.82, 2.24) is 0 Å². The van der Waals surface area contributed by atoms with Crippen LogP contribution in [0.4, 0.5) is 0 Å². The molecule has 626 valence electrons. The number of ether oxygens (including phenoxy) is 4. The molecule has 0 aromatic heterocycles. The number of carbonyl (C=O) groups excluding carboxylic acids is 4. The van der Waals surface area contributed by atoms with Gasteiger partial charge < -0.3 is 33.8 Å². The molecule has 0 aliphatic rings. The predicted molar refractivity (Wildman–Crippen MR) is 437 cm³/mol.